The highest BCUT2D eigenvalue weighted by Crippen LogP contribution is 2.34. The maximum Gasteiger partial charge on any atom is 0.269 e. The Hall–Kier alpha value is -1.99. The summed E-state index contributed by atoms with van der Waals surface area (Å²) in [6.07, 6.45) is 1.64. The fraction of sp³-hybridized carbons (Fsp3) is 0.214. The second kappa shape index (κ2) is 5.42. The molecule has 0 aliphatic rings. The predicted molar refractivity (Wildman–Crippen MR) is 88.2 cm³/mol. The smallest absolute Gasteiger partial charge is 0.269 e. The van der Waals surface area contributed by atoms with E-state index in [0.29, 0.717) is 21.6 Å². The highest BCUT2D eigenvalue weighted by Gasteiger charge is 2.18. The summed E-state index contributed by atoms with van der Waals surface area (Å²) in [7, 11) is 0. The molecule has 0 saturated carbocycles. The molecule has 0 aromatic carbocycles. The van der Waals surface area contributed by atoms with E-state index in [1.807, 2.05) is 12.1 Å². The number of carbonyl (C=O) groups excluding carboxylic acids is 1. The number of nitrogens with one attached hydrogen (secondary N) is 1. The number of fused-ring (bicyclic) bond motifs is 1. The van der Waals surface area contributed by atoms with Crippen molar-refractivity contribution in [2.24, 2.45) is 0 Å². The fourth-order valence-corrected chi connectivity index (χ4v) is 3.46. The van der Waals surface area contributed by atoms with Crippen molar-refractivity contribution < 1.29 is 4.79 Å². The van der Waals surface area contributed by atoms with E-state index in [1.165, 1.54) is 22.7 Å². The summed E-state index contributed by atoms with van der Waals surface area (Å²) in [5.74, 6) is 0.0990. The van der Waals surface area contributed by atoms with Crippen LogP contribution in [0.4, 0.5) is 10.8 Å². The third kappa shape index (κ3) is 2.62. The molecule has 3 heterocycles. The Morgan fingerprint density at radius 3 is 2.86 bits per heavy atom. The van der Waals surface area contributed by atoms with E-state index in [1.54, 1.807) is 11.6 Å². The minimum atomic E-state index is -0.239. The minimum absolute atomic E-state index is 0.239. The van der Waals surface area contributed by atoms with Crippen molar-refractivity contribution in [3.05, 3.63) is 34.3 Å². The van der Waals surface area contributed by atoms with Crippen LogP contribution in [-0.2, 0) is 0 Å². The average Bonchev–Trinajstić information content (AvgIpc) is 3.06. The number of nitrogens with two attached hydrogens (primary N) is 1. The van der Waals surface area contributed by atoms with Crippen molar-refractivity contribution >= 4 is 49.6 Å². The molecule has 0 bridgehead atoms. The molecule has 0 radical (unpaired) electrons. The first-order valence-electron chi connectivity index (χ1n) is 6.46. The average molecular weight is 318 g/mol. The summed E-state index contributed by atoms with van der Waals surface area (Å²) in [4.78, 5) is 22.2. The Balaban J connectivity index is 1.99. The fourth-order valence-electron chi connectivity index (χ4n) is 1.94. The molecule has 0 fully saturated rings. The lowest BCUT2D eigenvalue weighted by Crippen LogP contribution is -2.11. The summed E-state index contributed by atoms with van der Waals surface area (Å²) in [5, 5.41) is 5.94. The van der Waals surface area contributed by atoms with Crippen LogP contribution in [0.2, 0.25) is 0 Å². The van der Waals surface area contributed by atoms with Gasteiger partial charge in [0.15, 0.2) is 5.13 Å². The molecule has 7 heteroatoms. The molecule has 3 rings (SSSR count). The van der Waals surface area contributed by atoms with E-state index in [-0.39, 0.29) is 5.91 Å². The number of thiazole rings is 1. The summed E-state index contributed by atoms with van der Waals surface area (Å²) in [6, 6.07) is 3.89. The molecule has 0 atom stereocenters. The molecule has 0 unspecified atom stereocenters. The molecule has 3 aromatic heterocycles. The van der Waals surface area contributed by atoms with Crippen LogP contribution in [0.15, 0.2) is 23.7 Å². The lowest BCUT2D eigenvalue weighted by Gasteiger charge is -2.03. The van der Waals surface area contributed by atoms with Crippen LogP contribution in [0.5, 0.6) is 0 Å². The molecule has 21 heavy (non-hydrogen) atoms. The molecule has 3 aromatic rings. The van der Waals surface area contributed by atoms with Crippen LogP contribution in [-0.4, -0.2) is 15.9 Å². The molecule has 0 spiro atoms. The zero-order chi connectivity index (χ0) is 15.0. The van der Waals surface area contributed by atoms with Crippen LogP contribution in [0.1, 0.15) is 35.1 Å². The van der Waals surface area contributed by atoms with E-state index in [0.717, 1.165) is 15.9 Å². The topological polar surface area (TPSA) is 80.9 Å². The molecule has 3 N–H and O–H groups in total. The Labute approximate surface area is 129 Å². The first-order chi connectivity index (χ1) is 10.1. The SMILES string of the molecule is CC(C)c1ccc2c(N)c(C(=O)Nc3nccs3)sc2n1. The van der Waals surface area contributed by atoms with Crippen LogP contribution in [0.3, 0.4) is 0 Å². The summed E-state index contributed by atoms with van der Waals surface area (Å²) in [6.45, 7) is 4.17. The summed E-state index contributed by atoms with van der Waals surface area (Å²) < 4.78 is 0. The molecule has 0 saturated heterocycles. The Bertz CT molecular complexity index is 793. The molecular weight excluding hydrogens is 304 g/mol. The lowest BCUT2D eigenvalue weighted by molar-refractivity contribution is 0.103. The van der Waals surface area contributed by atoms with Gasteiger partial charge in [-0.3, -0.25) is 10.1 Å². The van der Waals surface area contributed by atoms with Gasteiger partial charge in [0.25, 0.3) is 5.91 Å². The number of rotatable bonds is 3. The quantitative estimate of drug-likeness (QED) is 0.771. The zero-order valence-electron chi connectivity index (χ0n) is 11.6. The molecule has 0 aliphatic carbocycles. The van der Waals surface area contributed by atoms with Crippen molar-refractivity contribution in [1.29, 1.82) is 0 Å². The number of amides is 1. The van der Waals surface area contributed by atoms with Gasteiger partial charge in [0.1, 0.15) is 9.71 Å². The van der Waals surface area contributed by atoms with Crippen molar-refractivity contribution in [3.63, 3.8) is 0 Å². The van der Waals surface area contributed by atoms with Gasteiger partial charge in [-0.15, -0.1) is 22.7 Å². The van der Waals surface area contributed by atoms with Gasteiger partial charge in [-0.05, 0) is 18.1 Å². The Morgan fingerprint density at radius 1 is 1.38 bits per heavy atom. The molecule has 5 nitrogen and oxygen atoms in total. The molecule has 108 valence electrons. The van der Waals surface area contributed by atoms with Crippen molar-refractivity contribution in [2.75, 3.05) is 11.1 Å². The Morgan fingerprint density at radius 2 is 2.19 bits per heavy atom. The minimum Gasteiger partial charge on any atom is -0.397 e. The second-order valence-corrected chi connectivity index (χ2v) is 6.77. The largest absolute Gasteiger partial charge is 0.397 e. The third-order valence-electron chi connectivity index (χ3n) is 3.07. The maximum atomic E-state index is 12.3. The van der Waals surface area contributed by atoms with E-state index >= 15 is 0 Å². The first kappa shape index (κ1) is 14.0. The molecule has 1 amide bonds. The van der Waals surface area contributed by atoms with Gasteiger partial charge in [0.2, 0.25) is 0 Å². The van der Waals surface area contributed by atoms with E-state index in [4.69, 9.17) is 5.73 Å². The summed E-state index contributed by atoms with van der Waals surface area (Å²) in [5.41, 5.74) is 7.56. The number of hydrogen-bond donors (Lipinski definition) is 2. The number of pyridine rings is 1. The highest BCUT2D eigenvalue weighted by atomic mass is 32.1. The highest BCUT2D eigenvalue weighted by molar-refractivity contribution is 7.21. The maximum absolute atomic E-state index is 12.3. The number of hydrogen-bond acceptors (Lipinski definition) is 6. The monoisotopic (exact) mass is 318 g/mol. The van der Waals surface area contributed by atoms with Crippen LogP contribution in [0, 0.1) is 0 Å². The van der Waals surface area contributed by atoms with Gasteiger partial charge in [0, 0.05) is 22.7 Å². The number of aromatic nitrogens is 2. The standard InChI is InChI=1S/C14H14N4OS2/c1-7(2)9-4-3-8-10(15)11(21-13(8)17-9)12(19)18-14-16-5-6-20-14/h3-7H,15H2,1-2H3,(H,16,18,19). The van der Waals surface area contributed by atoms with Crippen molar-refractivity contribution in [1.82, 2.24) is 9.97 Å². The number of nitrogen functional groups attached to an aromatic ring is 1. The van der Waals surface area contributed by atoms with Gasteiger partial charge in [-0.2, -0.15) is 0 Å². The van der Waals surface area contributed by atoms with Crippen LogP contribution < -0.4 is 11.1 Å². The zero-order valence-corrected chi connectivity index (χ0v) is 13.2. The predicted octanol–water partition coefficient (Wildman–Crippen LogP) is 3.71. The second-order valence-electron chi connectivity index (χ2n) is 4.88. The van der Waals surface area contributed by atoms with Gasteiger partial charge in [0.05, 0.1) is 5.69 Å². The third-order valence-corrected chi connectivity index (χ3v) is 4.87. The number of carbonyl (C=O) groups is 1. The van der Waals surface area contributed by atoms with Crippen molar-refractivity contribution in [2.45, 2.75) is 19.8 Å². The molecule has 0 aliphatic heterocycles. The lowest BCUT2D eigenvalue weighted by atomic mass is 10.1. The van der Waals surface area contributed by atoms with Gasteiger partial charge >= 0.3 is 0 Å². The van der Waals surface area contributed by atoms with Crippen LogP contribution in [0.25, 0.3) is 10.2 Å². The molecular formula is C14H14N4OS2. The van der Waals surface area contributed by atoms with Gasteiger partial charge in [-0.25, -0.2) is 9.97 Å². The first-order valence-corrected chi connectivity index (χ1v) is 8.15. The van der Waals surface area contributed by atoms with Gasteiger partial charge in [-0.1, -0.05) is 13.8 Å². The van der Waals surface area contributed by atoms with Crippen LogP contribution >= 0.6 is 22.7 Å². The van der Waals surface area contributed by atoms with E-state index < -0.39 is 0 Å². The van der Waals surface area contributed by atoms with E-state index in [9.17, 15) is 4.79 Å². The summed E-state index contributed by atoms with van der Waals surface area (Å²) >= 11 is 2.68. The number of anilines is 2. The number of thiophene rings is 1. The normalized spacial score (nSPS) is 11.2. The Kier molecular flexibility index (Phi) is 3.60. The van der Waals surface area contributed by atoms with Crippen molar-refractivity contribution in [3.8, 4) is 0 Å². The van der Waals surface area contributed by atoms with Gasteiger partial charge < -0.3 is 5.73 Å². The van der Waals surface area contributed by atoms with E-state index in [2.05, 4.69) is 29.1 Å². The number of nitrogens with zero attached hydrogens (tertiary/aromatic N) is 2.